The van der Waals surface area contributed by atoms with Crippen molar-refractivity contribution in [2.75, 3.05) is 40.0 Å². The summed E-state index contributed by atoms with van der Waals surface area (Å²) in [5.41, 5.74) is 0. The molecular formula is C10H22N2O3. The Hall–Kier alpha value is -0.650. The maximum absolute atomic E-state index is 11.6. The summed E-state index contributed by atoms with van der Waals surface area (Å²) < 4.78 is 4.85. The Morgan fingerprint density at radius 1 is 1.53 bits per heavy atom. The van der Waals surface area contributed by atoms with Gasteiger partial charge in [0.15, 0.2) is 0 Å². The second kappa shape index (κ2) is 8.64. The monoisotopic (exact) mass is 218 g/mol. The van der Waals surface area contributed by atoms with Crippen LogP contribution >= 0.6 is 0 Å². The summed E-state index contributed by atoms with van der Waals surface area (Å²) in [6.45, 7) is 5.81. The van der Waals surface area contributed by atoms with Crippen LogP contribution in [0.25, 0.3) is 0 Å². The Bertz CT molecular complexity index is 174. The number of carbonyl (C=O) groups excluding carboxylic acids is 1. The maximum Gasteiger partial charge on any atom is 0.236 e. The zero-order chi connectivity index (χ0) is 11.7. The lowest BCUT2D eigenvalue weighted by Crippen LogP contribution is -2.44. The van der Waals surface area contributed by atoms with E-state index in [1.807, 2.05) is 13.8 Å². The van der Waals surface area contributed by atoms with Gasteiger partial charge in [0.25, 0.3) is 0 Å². The number of aliphatic hydroxyl groups excluding tert-OH is 1. The van der Waals surface area contributed by atoms with Crippen molar-refractivity contribution in [3.05, 3.63) is 0 Å². The van der Waals surface area contributed by atoms with Gasteiger partial charge in [-0.2, -0.15) is 0 Å². The van der Waals surface area contributed by atoms with Gasteiger partial charge in [0, 0.05) is 26.2 Å². The lowest BCUT2D eigenvalue weighted by atomic mass is 10.3. The van der Waals surface area contributed by atoms with E-state index in [-0.39, 0.29) is 18.6 Å². The van der Waals surface area contributed by atoms with E-state index in [0.29, 0.717) is 26.2 Å². The topological polar surface area (TPSA) is 61.8 Å². The molecule has 0 saturated heterocycles. The van der Waals surface area contributed by atoms with Gasteiger partial charge in [0.05, 0.1) is 19.8 Å². The lowest BCUT2D eigenvalue weighted by molar-refractivity contribution is -0.132. The average molecular weight is 218 g/mol. The standard InChI is InChI=1S/C10H22N2O3/c1-9(2)12(5-6-13)10(14)8-11-4-7-15-3/h9,11,13H,4-8H2,1-3H3. The molecular weight excluding hydrogens is 196 g/mol. The lowest BCUT2D eigenvalue weighted by Gasteiger charge is -2.26. The van der Waals surface area contributed by atoms with E-state index in [9.17, 15) is 4.79 Å². The van der Waals surface area contributed by atoms with Crippen LogP contribution in [0.2, 0.25) is 0 Å². The van der Waals surface area contributed by atoms with Crippen LogP contribution in [0.3, 0.4) is 0 Å². The second-order valence-corrected chi connectivity index (χ2v) is 3.57. The Balaban J connectivity index is 3.82. The van der Waals surface area contributed by atoms with Crippen LogP contribution in [0.4, 0.5) is 0 Å². The largest absolute Gasteiger partial charge is 0.395 e. The molecule has 0 rings (SSSR count). The summed E-state index contributed by atoms with van der Waals surface area (Å²) in [7, 11) is 1.62. The summed E-state index contributed by atoms with van der Waals surface area (Å²) in [6, 6.07) is 0.119. The number of amides is 1. The first kappa shape index (κ1) is 14.3. The van der Waals surface area contributed by atoms with Crippen LogP contribution in [0.15, 0.2) is 0 Å². The van der Waals surface area contributed by atoms with Crippen molar-refractivity contribution >= 4 is 5.91 Å². The van der Waals surface area contributed by atoms with E-state index in [2.05, 4.69) is 5.32 Å². The minimum absolute atomic E-state index is 0.00198. The van der Waals surface area contributed by atoms with Crippen molar-refractivity contribution in [2.24, 2.45) is 0 Å². The van der Waals surface area contributed by atoms with Crippen molar-refractivity contribution < 1.29 is 14.6 Å². The third kappa shape index (κ3) is 6.43. The van der Waals surface area contributed by atoms with Gasteiger partial charge in [-0.1, -0.05) is 0 Å². The van der Waals surface area contributed by atoms with Crippen molar-refractivity contribution in [1.29, 1.82) is 0 Å². The molecule has 0 spiro atoms. The van der Waals surface area contributed by atoms with Gasteiger partial charge in [-0.25, -0.2) is 0 Å². The number of nitrogens with zero attached hydrogens (tertiary/aromatic N) is 1. The molecule has 0 unspecified atom stereocenters. The molecule has 0 aliphatic rings. The van der Waals surface area contributed by atoms with Gasteiger partial charge in [0.1, 0.15) is 0 Å². The van der Waals surface area contributed by atoms with E-state index in [1.165, 1.54) is 0 Å². The summed E-state index contributed by atoms with van der Waals surface area (Å²) in [6.07, 6.45) is 0. The Labute approximate surface area is 91.4 Å². The molecule has 0 aliphatic heterocycles. The highest BCUT2D eigenvalue weighted by atomic mass is 16.5. The number of methoxy groups -OCH3 is 1. The number of nitrogens with one attached hydrogen (secondary N) is 1. The summed E-state index contributed by atoms with van der Waals surface area (Å²) in [5, 5.41) is 11.8. The fourth-order valence-electron chi connectivity index (χ4n) is 1.25. The molecule has 0 aliphatic carbocycles. The average Bonchev–Trinajstić information content (AvgIpc) is 2.20. The van der Waals surface area contributed by atoms with Gasteiger partial charge in [0.2, 0.25) is 5.91 Å². The zero-order valence-corrected chi connectivity index (χ0v) is 9.82. The van der Waals surface area contributed by atoms with E-state index < -0.39 is 0 Å². The molecule has 0 fully saturated rings. The molecule has 0 aromatic carbocycles. The van der Waals surface area contributed by atoms with E-state index >= 15 is 0 Å². The van der Waals surface area contributed by atoms with Crippen LogP contribution < -0.4 is 5.32 Å². The third-order valence-corrected chi connectivity index (χ3v) is 2.04. The minimum Gasteiger partial charge on any atom is -0.395 e. The molecule has 0 heterocycles. The van der Waals surface area contributed by atoms with Crippen molar-refractivity contribution in [3.63, 3.8) is 0 Å². The number of carbonyl (C=O) groups is 1. The first-order chi connectivity index (χ1) is 7.13. The first-order valence-electron chi connectivity index (χ1n) is 5.23. The molecule has 90 valence electrons. The number of hydrogen-bond acceptors (Lipinski definition) is 4. The molecule has 5 heteroatoms. The highest BCUT2D eigenvalue weighted by molar-refractivity contribution is 5.78. The van der Waals surface area contributed by atoms with Crippen LogP contribution in [0.1, 0.15) is 13.8 Å². The normalized spacial score (nSPS) is 10.7. The van der Waals surface area contributed by atoms with Crippen LogP contribution in [0, 0.1) is 0 Å². The van der Waals surface area contributed by atoms with Gasteiger partial charge in [-0.05, 0) is 13.8 Å². The summed E-state index contributed by atoms with van der Waals surface area (Å²) in [4.78, 5) is 13.3. The molecule has 0 atom stereocenters. The first-order valence-corrected chi connectivity index (χ1v) is 5.23. The number of hydrogen-bond donors (Lipinski definition) is 2. The van der Waals surface area contributed by atoms with Crippen LogP contribution in [-0.4, -0.2) is 61.9 Å². The summed E-state index contributed by atoms with van der Waals surface area (Å²) >= 11 is 0. The molecule has 15 heavy (non-hydrogen) atoms. The predicted molar refractivity (Wildman–Crippen MR) is 58.7 cm³/mol. The number of ether oxygens (including phenoxy) is 1. The quantitative estimate of drug-likeness (QED) is 0.537. The van der Waals surface area contributed by atoms with E-state index in [0.717, 1.165) is 0 Å². The van der Waals surface area contributed by atoms with Crippen molar-refractivity contribution in [2.45, 2.75) is 19.9 Å². The minimum atomic E-state index is 0.00198. The van der Waals surface area contributed by atoms with Gasteiger partial charge >= 0.3 is 0 Å². The summed E-state index contributed by atoms with van der Waals surface area (Å²) in [5.74, 6) is 0.00940. The smallest absolute Gasteiger partial charge is 0.236 e. The molecule has 0 aromatic heterocycles. The van der Waals surface area contributed by atoms with Crippen LogP contribution in [-0.2, 0) is 9.53 Å². The highest BCUT2D eigenvalue weighted by Crippen LogP contribution is 1.97. The zero-order valence-electron chi connectivity index (χ0n) is 9.82. The Morgan fingerprint density at radius 3 is 2.67 bits per heavy atom. The molecule has 1 amide bonds. The molecule has 2 N–H and O–H groups in total. The number of rotatable bonds is 8. The van der Waals surface area contributed by atoms with E-state index in [4.69, 9.17) is 9.84 Å². The highest BCUT2D eigenvalue weighted by Gasteiger charge is 2.15. The molecule has 0 saturated carbocycles. The Morgan fingerprint density at radius 2 is 2.20 bits per heavy atom. The fraction of sp³-hybridized carbons (Fsp3) is 0.900. The fourth-order valence-corrected chi connectivity index (χ4v) is 1.25. The molecule has 0 aromatic rings. The van der Waals surface area contributed by atoms with Gasteiger partial charge < -0.3 is 20.1 Å². The number of aliphatic hydroxyl groups is 1. The van der Waals surface area contributed by atoms with Gasteiger partial charge in [-0.15, -0.1) is 0 Å². The van der Waals surface area contributed by atoms with E-state index in [1.54, 1.807) is 12.0 Å². The predicted octanol–water partition coefficient (Wildman–Crippen LogP) is -0.548. The second-order valence-electron chi connectivity index (χ2n) is 3.57. The van der Waals surface area contributed by atoms with Crippen molar-refractivity contribution in [1.82, 2.24) is 10.2 Å². The maximum atomic E-state index is 11.6. The van der Waals surface area contributed by atoms with Gasteiger partial charge in [-0.3, -0.25) is 4.79 Å². The SMILES string of the molecule is COCCNCC(=O)N(CCO)C(C)C. The Kier molecular flexibility index (Phi) is 8.27. The van der Waals surface area contributed by atoms with Crippen LogP contribution in [0.5, 0.6) is 0 Å². The molecule has 0 radical (unpaired) electrons. The molecule has 0 bridgehead atoms. The van der Waals surface area contributed by atoms with Crippen molar-refractivity contribution in [3.8, 4) is 0 Å². The third-order valence-electron chi connectivity index (χ3n) is 2.04. The molecule has 5 nitrogen and oxygen atoms in total.